The highest BCUT2D eigenvalue weighted by Crippen LogP contribution is 2.18. The second-order valence-corrected chi connectivity index (χ2v) is 11.5. The molecular weight excluding hydrogens is 579 g/mol. The summed E-state index contributed by atoms with van der Waals surface area (Å²) in [6, 6.07) is 14.6. The molecule has 0 fully saturated rings. The number of nitrogens with two attached hydrogens (primary N) is 1. The molecule has 0 aliphatic carbocycles. The normalized spacial score (nSPS) is 15.5. The van der Waals surface area contributed by atoms with Gasteiger partial charge >= 0.3 is 21.4 Å². The summed E-state index contributed by atoms with van der Waals surface area (Å²) in [4.78, 5) is 40.6. The van der Waals surface area contributed by atoms with Crippen LogP contribution >= 0.6 is 0 Å². The zero-order valence-electron chi connectivity index (χ0n) is 24.5. The first-order valence-electron chi connectivity index (χ1n) is 14.8. The summed E-state index contributed by atoms with van der Waals surface area (Å²) in [5, 5.41) is 33.0. The standard InChI is InChI=1S/C30H32B3N3O9/c34-28(37)27(35-29(38)19-6-8-22-16-44-32(41)25(22)12-19)3-1-2-10-36(14-18-4-5-21-15-43-31(40)24(21)11-18)30(39)20-7-9-23-17-45-33(42)26(23)13-20/h4-9,11-13,27,40-42H,1-3,10,14-17H2,(H2,34,37)(H,35,38). The van der Waals surface area contributed by atoms with E-state index in [1.165, 1.54) is 6.07 Å². The largest absolute Gasteiger partial charge is 0.491 e. The summed E-state index contributed by atoms with van der Waals surface area (Å²) in [5.74, 6) is -1.43. The molecule has 6 rings (SSSR count). The van der Waals surface area contributed by atoms with Crippen molar-refractivity contribution in [3.05, 3.63) is 88.0 Å². The average molecular weight is 611 g/mol. The van der Waals surface area contributed by atoms with Crippen LogP contribution in [0.5, 0.6) is 0 Å². The molecule has 0 radical (unpaired) electrons. The fourth-order valence-corrected chi connectivity index (χ4v) is 5.90. The van der Waals surface area contributed by atoms with Gasteiger partial charge < -0.3 is 45.0 Å². The number of unbranched alkanes of at least 4 members (excludes halogenated alkanes) is 1. The second-order valence-electron chi connectivity index (χ2n) is 11.5. The van der Waals surface area contributed by atoms with E-state index in [0.717, 1.165) is 22.3 Å². The third kappa shape index (κ3) is 6.69. The first-order valence-corrected chi connectivity index (χ1v) is 14.8. The van der Waals surface area contributed by atoms with Crippen LogP contribution in [0.15, 0.2) is 54.6 Å². The molecule has 1 atom stereocenters. The van der Waals surface area contributed by atoms with Crippen molar-refractivity contribution in [1.82, 2.24) is 10.2 Å². The molecule has 230 valence electrons. The lowest BCUT2D eigenvalue weighted by Gasteiger charge is -2.24. The number of fused-ring (bicyclic) bond motifs is 3. The summed E-state index contributed by atoms with van der Waals surface area (Å²) in [6.07, 6.45) is 1.23. The van der Waals surface area contributed by atoms with Crippen LogP contribution < -0.4 is 27.4 Å². The third-order valence-corrected chi connectivity index (χ3v) is 8.48. The van der Waals surface area contributed by atoms with Crippen LogP contribution in [0, 0.1) is 0 Å². The molecule has 3 aliphatic heterocycles. The maximum absolute atomic E-state index is 13.8. The van der Waals surface area contributed by atoms with Gasteiger partial charge in [0.1, 0.15) is 6.04 Å². The van der Waals surface area contributed by atoms with Crippen molar-refractivity contribution in [3.8, 4) is 0 Å². The first kappa shape index (κ1) is 31.0. The number of amides is 3. The van der Waals surface area contributed by atoms with Gasteiger partial charge in [-0.25, -0.2) is 0 Å². The molecule has 0 bridgehead atoms. The summed E-state index contributed by atoms with van der Waals surface area (Å²) in [6.45, 7) is 1.42. The summed E-state index contributed by atoms with van der Waals surface area (Å²) >= 11 is 0. The number of hydrogen-bond donors (Lipinski definition) is 5. The Labute approximate surface area is 260 Å². The summed E-state index contributed by atoms with van der Waals surface area (Å²) < 4.78 is 15.8. The fourth-order valence-electron chi connectivity index (χ4n) is 5.90. The number of benzene rings is 3. The molecule has 6 N–H and O–H groups in total. The quantitative estimate of drug-likeness (QED) is 0.127. The number of nitrogens with one attached hydrogen (secondary N) is 1. The lowest BCUT2D eigenvalue weighted by molar-refractivity contribution is -0.120. The maximum Gasteiger partial charge on any atom is 0.491 e. The van der Waals surface area contributed by atoms with Crippen LogP contribution in [0.1, 0.15) is 62.2 Å². The van der Waals surface area contributed by atoms with Gasteiger partial charge in [-0.15, -0.1) is 0 Å². The minimum Gasteiger partial charge on any atom is -0.423 e. The van der Waals surface area contributed by atoms with Crippen LogP contribution in [0.25, 0.3) is 0 Å². The van der Waals surface area contributed by atoms with E-state index >= 15 is 0 Å². The van der Waals surface area contributed by atoms with E-state index in [1.54, 1.807) is 35.2 Å². The lowest BCUT2D eigenvalue weighted by Crippen LogP contribution is -2.44. The van der Waals surface area contributed by atoms with Crippen molar-refractivity contribution in [3.63, 3.8) is 0 Å². The molecule has 0 saturated heterocycles. The van der Waals surface area contributed by atoms with Crippen LogP contribution in [0.3, 0.4) is 0 Å². The van der Waals surface area contributed by atoms with Crippen LogP contribution in [0.4, 0.5) is 0 Å². The minimum absolute atomic E-state index is 0.249. The predicted molar refractivity (Wildman–Crippen MR) is 166 cm³/mol. The maximum atomic E-state index is 13.8. The van der Waals surface area contributed by atoms with Crippen molar-refractivity contribution in [2.75, 3.05) is 6.54 Å². The summed E-state index contributed by atoms with van der Waals surface area (Å²) in [7, 11) is -3.20. The van der Waals surface area contributed by atoms with Gasteiger partial charge in [0.05, 0.1) is 19.8 Å². The highest BCUT2D eigenvalue weighted by atomic mass is 16.5. The molecule has 3 aromatic carbocycles. The van der Waals surface area contributed by atoms with E-state index in [1.807, 2.05) is 18.2 Å². The Kier molecular flexibility index (Phi) is 9.08. The Hall–Kier alpha value is -3.98. The Morgan fingerprint density at radius 2 is 1.31 bits per heavy atom. The van der Waals surface area contributed by atoms with Crippen LogP contribution in [-0.4, -0.2) is 71.6 Å². The minimum atomic E-state index is -1.10. The fraction of sp³-hybridized carbons (Fsp3) is 0.300. The van der Waals surface area contributed by atoms with Gasteiger partial charge in [-0.05, 0) is 82.2 Å². The summed E-state index contributed by atoms with van der Waals surface area (Å²) in [5.41, 5.74) is 11.3. The molecule has 0 spiro atoms. The van der Waals surface area contributed by atoms with E-state index in [2.05, 4.69) is 5.32 Å². The number of carbonyl (C=O) groups excluding carboxylic acids is 3. The number of primary amides is 1. The Morgan fingerprint density at radius 3 is 1.91 bits per heavy atom. The van der Waals surface area contributed by atoms with Gasteiger partial charge in [0.2, 0.25) is 5.91 Å². The Morgan fingerprint density at radius 1 is 0.778 bits per heavy atom. The molecule has 3 amide bonds. The molecule has 1 unspecified atom stereocenters. The molecule has 3 heterocycles. The van der Waals surface area contributed by atoms with E-state index in [-0.39, 0.29) is 37.6 Å². The SMILES string of the molecule is NC(=O)C(CCCCN(Cc1ccc2c(c1)B(O)OC2)C(=O)c1ccc2c(c1)B(O)OC2)NC(=O)c1ccc2c(c1)B(O)OC2. The highest BCUT2D eigenvalue weighted by molar-refractivity contribution is 6.62. The topological polar surface area (TPSA) is 181 Å². The Balaban J connectivity index is 1.12. The zero-order chi connectivity index (χ0) is 31.7. The van der Waals surface area contributed by atoms with E-state index in [4.69, 9.17) is 19.7 Å². The molecule has 12 nitrogen and oxygen atoms in total. The molecule has 0 aromatic heterocycles. The molecular formula is C30H32B3N3O9. The van der Waals surface area contributed by atoms with Gasteiger partial charge in [0.15, 0.2) is 0 Å². The monoisotopic (exact) mass is 611 g/mol. The van der Waals surface area contributed by atoms with Gasteiger partial charge in [-0.1, -0.05) is 30.3 Å². The average Bonchev–Trinajstić information content (AvgIpc) is 3.73. The number of rotatable bonds is 11. The van der Waals surface area contributed by atoms with E-state index < -0.39 is 39.2 Å². The Bertz CT molecular complexity index is 1640. The van der Waals surface area contributed by atoms with E-state index in [9.17, 15) is 29.5 Å². The third-order valence-electron chi connectivity index (χ3n) is 8.48. The van der Waals surface area contributed by atoms with Crippen molar-refractivity contribution >= 4 is 55.5 Å². The first-order chi connectivity index (χ1) is 21.7. The zero-order valence-corrected chi connectivity index (χ0v) is 24.5. The second kappa shape index (κ2) is 13.2. The van der Waals surface area contributed by atoms with Gasteiger partial charge in [-0.2, -0.15) is 0 Å². The molecule has 15 heteroatoms. The molecule has 45 heavy (non-hydrogen) atoms. The van der Waals surface area contributed by atoms with Crippen molar-refractivity contribution < 1.29 is 43.4 Å². The van der Waals surface area contributed by atoms with Gasteiger partial charge in [0, 0.05) is 24.2 Å². The molecule has 0 saturated carbocycles. The lowest BCUT2D eigenvalue weighted by atomic mass is 9.78. The smallest absolute Gasteiger partial charge is 0.423 e. The van der Waals surface area contributed by atoms with Crippen molar-refractivity contribution in [2.45, 2.75) is 51.7 Å². The number of nitrogens with zero attached hydrogens (tertiary/aromatic N) is 1. The van der Waals surface area contributed by atoms with E-state index in [0.29, 0.717) is 47.9 Å². The number of hydrogen-bond acceptors (Lipinski definition) is 9. The molecule has 3 aromatic rings. The van der Waals surface area contributed by atoms with Crippen LogP contribution in [-0.2, 0) is 45.1 Å². The van der Waals surface area contributed by atoms with Crippen molar-refractivity contribution in [2.24, 2.45) is 5.73 Å². The van der Waals surface area contributed by atoms with Crippen molar-refractivity contribution in [1.29, 1.82) is 0 Å². The van der Waals surface area contributed by atoms with Crippen LogP contribution in [0.2, 0.25) is 0 Å². The highest BCUT2D eigenvalue weighted by Gasteiger charge is 2.31. The molecule has 3 aliphatic rings. The number of carbonyl (C=O) groups is 3. The van der Waals surface area contributed by atoms with Gasteiger partial charge in [0.25, 0.3) is 11.8 Å². The predicted octanol–water partition coefficient (Wildman–Crippen LogP) is -1.56. The van der Waals surface area contributed by atoms with Gasteiger partial charge in [-0.3, -0.25) is 14.4 Å².